The average Bonchev–Trinajstić information content (AvgIpc) is 1.63. The van der Waals surface area contributed by atoms with Crippen LogP contribution in [0, 0.1) is 0 Å². The van der Waals surface area contributed by atoms with Gasteiger partial charge in [-0.05, 0) is 6.92 Å². The summed E-state index contributed by atoms with van der Waals surface area (Å²) in [7, 11) is 0. The summed E-state index contributed by atoms with van der Waals surface area (Å²) in [6, 6.07) is 0. The Morgan fingerprint density at radius 3 is 2.44 bits per heavy atom. The van der Waals surface area contributed by atoms with Crippen molar-refractivity contribution in [3.05, 3.63) is 0 Å². The SMILES string of the molecule is CCOC(=O)CC(=O)S. The van der Waals surface area contributed by atoms with Crippen LogP contribution in [-0.2, 0) is 14.3 Å². The molecule has 0 heterocycles. The second-order valence-electron chi connectivity index (χ2n) is 1.38. The molecule has 0 radical (unpaired) electrons. The molecule has 9 heavy (non-hydrogen) atoms. The fourth-order valence-corrected chi connectivity index (χ4v) is 0.465. The van der Waals surface area contributed by atoms with Gasteiger partial charge in [-0.3, -0.25) is 9.59 Å². The Bertz CT molecular complexity index is 121. The monoisotopic (exact) mass is 148 g/mol. The molecule has 0 aromatic rings. The fourth-order valence-electron chi connectivity index (χ4n) is 0.335. The highest BCUT2D eigenvalue weighted by Crippen LogP contribution is 1.90. The smallest absolute Gasteiger partial charge is 0.314 e. The van der Waals surface area contributed by atoms with Crippen molar-refractivity contribution in [2.24, 2.45) is 0 Å². The molecule has 0 fully saturated rings. The van der Waals surface area contributed by atoms with Crippen LogP contribution in [0.25, 0.3) is 0 Å². The standard InChI is InChI=1S/C5H8O3S/c1-2-8-4(6)3-5(7)9/h2-3H2,1H3,(H,7,9). The lowest BCUT2D eigenvalue weighted by molar-refractivity contribution is -0.144. The van der Waals surface area contributed by atoms with Crippen LogP contribution in [0.5, 0.6) is 0 Å². The first-order valence-corrected chi connectivity index (χ1v) is 2.99. The Hall–Kier alpha value is -0.510. The third-order valence-electron chi connectivity index (χ3n) is 0.601. The molecule has 0 amide bonds. The Labute approximate surface area is 58.8 Å². The number of thiol groups is 1. The molecule has 0 rings (SSSR count). The number of hydrogen-bond acceptors (Lipinski definition) is 3. The summed E-state index contributed by atoms with van der Waals surface area (Å²) in [5.41, 5.74) is 0. The van der Waals surface area contributed by atoms with Gasteiger partial charge in [-0.15, -0.1) is 12.6 Å². The molecule has 0 aromatic heterocycles. The number of carbonyl (C=O) groups excluding carboxylic acids is 2. The molecule has 0 atom stereocenters. The predicted molar refractivity (Wildman–Crippen MR) is 35.2 cm³/mol. The molecule has 3 nitrogen and oxygen atoms in total. The lowest BCUT2D eigenvalue weighted by Crippen LogP contribution is -2.06. The van der Waals surface area contributed by atoms with Crippen molar-refractivity contribution < 1.29 is 14.3 Å². The number of carbonyl (C=O) groups is 2. The van der Waals surface area contributed by atoms with E-state index in [2.05, 4.69) is 17.4 Å². The van der Waals surface area contributed by atoms with E-state index in [9.17, 15) is 9.59 Å². The van der Waals surface area contributed by atoms with Gasteiger partial charge in [0.2, 0.25) is 0 Å². The Kier molecular flexibility index (Phi) is 4.13. The van der Waals surface area contributed by atoms with E-state index in [1.165, 1.54) is 0 Å². The molecular weight excluding hydrogens is 140 g/mol. The highest BCUT2D eigenvalue weighted by Gasteiger charge is 2.04. The molecule has 0 aliphatic carbocycles. The van der Waals surface area contributed by atoms with Crippen molar-refractivity contribution >= 4 is 23.7 Å². The fraction of sp³-hybridized carbons (Fsp3) is 0.600. The Morgan fingerprint density at radius 1 is 1.56 bits per heavy atom. The normalized spacial score (nSPS) is 8.67. The van der Waals surface area contributed by atoms with Gasteiger partial charge in [-0.2, -0.15) is 0 Å². The number of esters is 1. The van der Waals surface area contributed by atoms with Gasteiger partial charge >= 0.3 is 5.97 Å². The van der Waals surface area contributed by atoms with Crippen molar-refractivity contribution in [3.63, 3.8) is 0 Å². The van der Waals surface area contributed by atoms with E-state index in [0.717, 1.165) is 0 Å². The van der Waals surface area contributed by atoms with Crippen molar-refractivity contribution in [2.45, 2.75) is 13.3 Å². The van der Waals surface area contributed by atoms with Gasteiger partial charge in [0.25, 0.3) is 0 Å². The maximum Gasteiger partial charge on any atom is 0.314 e. The molecule has 0 saturated heterocycles. The highest BCUT2D eigenvalue weighted by atomic mass is 32.1. The van der Waals surface area contributed by atoms with Crippen LogP contribution in [0.1, 0.15) is 13.3 Å². The minimum absolute atomic E-state index is 0.239. The molecule has 4 heteroatoms. The van der Waals surface area contributed by atoms with Crippen molar-refractivity contribution in [1.29, 1.82) is 0 Å². The summed E-state index contributed by atoms with van der Waals surface area (Å²) in [6.45, 7) is 1.99. The maximum absolute atomic E-state index is 10.4. The molecule has 0 bridgehead atoms. The van der Waals surface area contributed by atoms with Crippen LogP contribution >= 0.6 is 12.6 Å². The maximum atomic E-state index is 10.4. The van der Waals surface area contributed by atoms with Crippen LogP contribution in [0.15, 0.2) is 0 Å². The summed E-state index contributed by atoms with van der Waals surface area (Å²) >= 11 is 3.39. The van der Waals surface area contributed by atoms with Crippen LogP contribution in [0.2, 0.25) is 0 Å². The lowest BCUT2D eigenvalue weighted by atomic mass is 10.5. The van der Waals surface area contributed by atoms with Crippen LogP contribution < -0.4 is 0 Å². The van der Waals surface area contributed by atoms with E-state index < -0.39 is 11.1 Å². The first kappa shape index (κ1) is 8.49. The van der Waals surface area contributed by atoms with Gasteiger partial charge < -0.3 is 4.74 Å². The zero-order valence-electron chi connectivity index (χ0n) is 5.09. The van der Waals surface area contributed by atoms with Crippen molar-refractivity contribution in [2.75, 3.05) is 6.61 Å². The zero-order chi connectivity index (χ0) is 7.28. The average molecular weight is 148 g/mol. The third kappa shape index (κ3) is 5.36. The number of hydrogen-bond donors (Lipinski definition) is 1. The van der Waals surface area contributed by atoms with Gasteiger partial charge in [0.1, 0.15) is 6.42 Å². The summed E-state index contributed by atoms with van der Waals surface area (Å²) in [5.74, 6) is -0.516. The first-order valence-electron chi connectivity index (χ1n) is 2.54. The molecule has 0 aliphatic heterocycles. The highest BCUT2D eigenvalue weighted by molar-refractivity contribution is 7.96. The Morgan fingerprint density at radius 2 is 2.11 bits per heavy atom. The van der Waals surface area contributed by atoms with Crippen molar-refractivity contribution in [3.8, 4) is 0 Å². The third-order valence-corrected chi connectivity index (χ3v) is 0.759. The van der Waals surface area contributed by atoms with Gasteiger partial charge in [0, 0.05) is 0 Å². The van der Waals surface area contributed by atoms with Crippen LogP contribution in [0.3, 0.4) is 0 Å². The molecule has 0 N–H and O–H groups in total. The van der Waals surface area contributed by atoms with Crippen LogP contribution in [0.4, 0.5) is 0 Å². The number of ether oxygens (including phenoxy) is 1. The van der Waals surface area contributed by atoms with E-state index >= 15 is 0 Å². The molecule has 52 valence electrons. The second-order valence-corrected chi connectivity index (χ2v) is 1.87. The van der Waals surface area contributed by atoms with E-state index in [1.54, 1.807) is 6.92 Å². The predicted octanol–water partition coefficient (Wildman–Crippen LogP) is 0.396. The molecule has 0 aliphatic rings. The Balaban J connectivity index is 3.39. The van der Waals surface area contributed by atoms with Crippen LogP contribution in [-0.4, -0.2) is 17.7 Å². The molecule has 0 aromatic carbocycles. The summed E-state index contributed by atoms with van der Waals surface area (Å²) in [5, 5.41) is -0.464. The molecule has 0 saturated carbocycles. The van der Waals surface area contributed by atoms with E-state index in [1.807, 2.05) is 0 Å². The molecule has 0 spiro atoms. The van der Waals surface area contributed by atoms with E-state index in [4.69, 9.17) is 0 Å². The zero-order valence-corrected chi connectivity index (χ0v) is 5.98. The van der Waals surface area contributed by atoms with Gasteiger partial charge in [-0.25, -0.2) is 0 Å². The van der Waals surface area contributed by atoms with Gasteiger partial charge in [-0.1, -0.05) is 0 Å². The lowest BCUT2D eigenvalue weighted by Gasteiger charge is -1.95. The van der Waals surface area contributed by atoms with E-state index in [-0.39, 0.29) is 6.42 Å². The minimum Gasteiger partial charge on any atom is -0.466 e. The summed E-state index contributed by atoms with van der Waals surface area (Å²) in [4.78, 5) is 20.5. The van der Waals surface area contributed by atoms with E-state index in [0.29, 0.717) is 6.61 Å². The largest absolute Gasteiger partial charge is 0.466 e. The molecule has 0 unspecified atom stereocenters. The quantitative estimate of drug-likeness (QED) is 0.358. The summed E-state index contributed by atoms with van der Waals surface area (Å²) in [6.07, 6.45) is -0.239. The topological polar surface area (TPSA) is 43.4 Å². The second kappa shape index (κ2) is 4.38. The van der Waals surface area contributed by atoms with Crippen molar-refractivity contribution in [1.82, 2.24) is 0 Å². The first-order chi connectivity index (χ1) is 4.16. The summed E-state index contributed by atoms with van der Waals surface area (Å²) < 4.78 is 4.44. The van der Waals surface area contributed by atoms with Gasteiger partial charge in [0.15, 0.2) is 5.12 Å². The van der Waals surface area contributed by atoms with Gasteiger partial charge in [0.05, 0.1) is 6.61 Å². The minimum atomic E-state index is -0.516. The number of rotatable bonds is 3. The molecular formula is C5H8O3S.